The van der Waals surface area contributed by atoms with Gasteiger partial charge in [-0.3, -0.25) is 14.4 Å². The molecule has 1 rings (SSSR count). The maximum absolute atomic E-state index is 11.8. The number of carbonyl (C=O) groups is 3. The summed E-state index contributed by atoms with van der Waals surface area (Å²) < 4.78 is 4.59. The smallest absolute Gasteiger partial charge is 0.307 e. The van der Waals surface area contributed by atoms with Crippen LogP contribution in [0.2, 0.25) is 10.0 Å². The van der Waals surface area contributed by atoms with Crippen molar-refractivity contribution < 1.29 is 24.2 Å². The topological polar surface area (TPSA) is 92.7 Å². The molecule has 0 spiro atoms. The minimum atomic E-state index is -1.07. The van der Waals surface area contributed by atoms with Crippen LogP contribution in [0.15, 0.2) is 18.2 Å². The minimum absolute atomic E-state index is 0.104. The average molecular weight is 348 g/mol. The molecule has 1 aromatic rings. The number of nitrogens with one attached hydrogen (secondary N) is 1. The lowest BCUT2D eigenvalue weighted by Crippen LogP contribution is -2.30. The molecule has 0 bridgehead atoms. The second-order valence-corrected chi connectivity index (χ2v) is 5.28. The van der Waals surface area contributed by atoms with Gasteiger partial charge in [-0.1, -0.05) is 29.3 Å². The van der Waals surface area contributed by atoms with Crippen LogP contribution in [0.3, 0.4) is 0 Å². The predicted molar refractivity (Wildman–Crippen MR) is 80.8 cm³/mol. The molecule has 1 unspecified atom stereocenters. The third kappa shape index (κ3) is 5.91. The van der Waals surface area contributed by atoms with Crippen LogP contribution in [-0.4, -0.2) is 30.1 Å². The van der Waals surface area contributed by atoms with Crippen LogP contribution >= 0.6 is 23.2 Å². The van der Waals surface area contributed by atoms with E-state index in [0.717, 1.165) is 0 Å². The first-order valence-corrected chi connectivity index (χ1v) is 7.12. The Morgan fingerprint density at radius 3 is 2.45 bits per heavy atom. The molecule has 120 valence electrons. The molecule has 0 saturated heterocycles. The number of aliphatic carboxylic acids is 1. The number of esters is 1. The van der Waals surface area contributed by atoms with Gasteiger partial charge in [0.2, 0.25) is 5.91 Å². The van der Waals surface area contributed by atoms with Gasteiger partial charge in [0.15, 0.2) is 0 Å². The van der Waals surface area contributed by atoms with Gasteiger partial charge in [0.25, 0.3) is 0 Å². The summed E-state index contributed by atoms with van der Waals surface area (Å²) in [4.78, 5) is 33.7. The highest BCUT2D eigenvalue weighted by atomic mass is 35.5. The van der Waals surface area contributed by atoms with Gasteiger partial charge in [-0.2, -0.15) is 0 Å². The second kappa shape index (κ2) is 8.60. The van der Waals surface area contributed by atoms with Gasteiger partial charge in [0.05, 0.1) is 36.0 Å². The summed E-state index contributed by atoms with van der Waals surface area (Å²) in [6.07, 6.45) is -0.584. The highest BCUT2D eigenvalue weighted by Crippen LogP contribution is 2.27. The predicted octanol–water partition coefficient (Wildman–Crippen LogP) is 2.58. The van der Waals surface area contributed by atoms with Gasteiger partial charge >= 0.3 is 11.9 Å². The summed E-state index contributed by atoms with van der Waals surface area (Å²) in [7, 11) is 1.24. The van der Waals surface area contributed by atoms with Gasteiger partial charge in [0.1, 0.15) is 0 Å². The van der Waals surface area contributed by atoms with E-state index in [1.54, 1.807) is 12.1 Å². The molecule has 8 heteroatoms. The number of hydrogen-bond donors (Lipinski definition) is 2. The zero-order chi connectivity index (χ0) is 16.7. The molecule has 0 aliphatic heterocycles. The first-order chi connectivity index (χ1) is 10.3. The summed E-state index contributed by atoms with van der Waals surface area (Å²) in [5.41, 5.74) is 0.573. The molecule has 0 radical (unpaired) electrons. The lowest BCUT2D eigenvalue weighted by Gasteiger charge is -2.18. The van der Waals surface area contributed by atoms with Crippen LogP contribution in [0.5, 0.6) is 0 Å². The molecule has 0 heterocycles. The molecule has 0 aliphatic carbocycles. The first-order valence-electron chi connectivity index (χ1n) is 6.36. The van der Waals surface area contributed by atoms with Crippen molar-refractivity contribution >= 4 is 41.0 Å². The summed E-state index contributed by atoms with van der Waals surface area (Å²) in [5, 5.41) is 11.8. The number of carboxylic acid groups (broad SMARTS) is 1. The number of benzene rings is 1. The van der Waals surface area contributed by atoms with E-state index in [1.165, 1.54) is 13.2 Å². The van der Waals surface area contributed by atoms with Gasteiger partial charge in [-0.15, -0.1) is 0 Å². The number of hydrogen-bond acceptors (Lipinski definition) is 4. The molecule has 22 heavy (non-hydrogen) atoms. The van der Waals surface area contributed by atoms with Gasteiger partial charge in [-0.05, 0) is 17.7 Å². The normalized spacial score (nSPS) is 11.6. The SMILES string of the molecule is COC(=O)CC(NC(=O)CCC(=O)O)c1ccc(Cl)c(Cl)c1. The Kier molecular flexibility index (Phi) is 7.14. The molecule has 0 aromatic heterocycles. The van der Waals surface area contributed by atoms with Crippen molar-refractivity contribution in [2.24, 2.45) is 0 Å². The molecular weight excluding hydrogens is 333 g/mol. The van der Waals surface area contributed by atoms with Crippen molar-refractivity contribution in [3.05, 3.63) is 33.8 Å². The van der Waals surface area contributed by atoms with E-state index < -0.39 is 23.9 Å². The fourth-order valence-corrected chi connectivity index (χ4v) is 2.02. The number of amides is 1. The quantitative estimate of drug-likeness (QED) is 0.739. The van der Waals surface area contributed by atoms with E-state index in [2.05, 4.69) is 10.1 Å². The zero-order valence-electron chi connectivity index (χ0n) is 11.8. The summed E-state index contributed by atoms with van der Waals surface area (Å²) >= 11 is 11.8. The molecule has 0 saturated carbocycles. The number of halogens is 2. The van der Waals surface area contributed by atoms with Crippen molar-refractivity contribution in [3.63, 3.8) is 0 Å². The number of carboxylic acids is 1. The Balaban J connectivity index is 2.87. The van der Waals surface area contributed by atoms with Crippen LogP contribution in [0.25, 0.3) is 0 Å². The summed E-state index contributed by atoms with van der Waals surface area (Å²) in [6.45, 7) is 0. The van der Waals surface area contributed by atoms with Crippen LogP contribution in [0.1, 0.15) is 30.9 Å². The Morgan fingerprint density at radius 1 is 1.23 bits per heavy atom. The monoisotopic (exact) mass is 347 g/mol. The van der Waals surface area contributed by atoms with E-state index in [0.29, 0.717) is 10.6 Å². The second-order valence-electron chi connectivity index (χ2n) is 4.47. The fraction of sp³-hybridized carbons (Fsp3) is 0.357. The third-order valence-electron chi connectivity index (χ3n) is 2.85. The number of methoxy groups -OCH3 is 1. The van der Waals surface area contributed by atoms with Gasteiger partial charge in [-0.25, -0.2) is 0 Å². The third-order valence-corrected chi connectivity index (χ3v) is 3.58. The standard InChI is InChI=1S/C14H15Cl2NO5/c1-22-14(21)7-11(17-12(18)4-5-13(19)20)8-2-3-9(15)10(16)6-8/h2-3,6,11H,4-5,7H2,1H3,(H,17,18)(H,19,20). The lowest BCUT2D eigenvalue weighted by atomic mass is 10.0. The maximum atomic E-state index is 11.8. The van der Waals surface area contributed by atoms with Crippen LogP contribution in [0, 0.1) is 0 Å². The Bertz CT molecular complexity index is 576. The van der Waals surface area contributed by atoms with Crippen molar-refractivity contribution in [2.45, 2.75) is 25.3 Å². The van der Waals surface area contributed by atoms with Gasteiger partial charge < -0.3 is 15.2 Å². The molecule has 1 aromatic carbocycles. The van der Waals surface area contributed by atoms with Crippen molar-refractivity contribution in [1.82, 2.24) is 5.32 Å². The Hall–Kier alpha value is -1.79. The van der Waals surface area contributed by atoms with E-state index in [-0.39, 0.29) is 24.3 Å². The van der Waals surface area contributed by atoms with Crippen LogP contribution in [-0.2, 0) is 19.1 Å². The Morgan fingerprint density at radius 2 is 1.91 bits per heavy atom. The highest BCUT2D eigenvalue weighted by molar-refractivity contribution is 6.42. The molecule has 0 fully saturated rings. The molecular formula is C14H15Cl2NO5. The lowest BCUT2D eigenvalue weighted by molar-refractivity contribution is -0.142. The van der Waals surface area contributed by atoms with E-state index in [9.17, 15) is 14.4 Å². The fourth-order valence-electron chi connectivity index (χ4n) is 1.72. The number of carbonyl (C=O) groups excluding carboxylic acids is 2. The molecule has 1 atom stereocenters. The summed E-state index contributed by atoms with van der Waals surface area (Å²) in [5.74, 6) is -2.08. The largest absolute Gasteiger partial charge is 0.481 e. The van der Waals surface area contributed by atoms with E-state index >= 15 is 0 Å². The van der Waals surface area contributed by atoms with E-state index in [4.69, 9.17) is 28.3 Å². The van der Waals surface area contributed by atoms with Gasteiger partial charge in [0, 0.05) is 6.42 Å². The number of rotatable bonds is 7. The van der Waals surface area contributed by atoms with Crippen LogP contribution in [0.4, 0.5) is 0 Å². The molecule has 6 nitrogen and oxygen atoms in total. The zero-order valence-corrected chi connectivity index (χ0v) is 13.3. The number of ether oxygens (including phenoxy) is 1. The molecule has 0 aliphatic rings. The maximum Gasteiger partial charge on any atom is 0.307 e. The van der Waals surface area contributed by atoms with Crippen molar-refractivity contribution in [1.29, 1.82) is 0 Å². The molecule has 2 N–H and O–H groups in total. The first kappa shape index (κ1) is 18.3. The summed E-state index contributed by atoms with van der Waals surface area (Å²) in [6, 6.07) is 4.03. The highest BCUT2D eigenvalue weighted by Gasteiger charge is 2.20. The van der Waals surface area contributed by atoms with Crippen LogP contribution < -0.4 is 5.32 Å². The molecule has 1 amide bonds. The van der Waals surface area contributed by atoms with Crippen molar-refractivity contribution in [2.75, 3.05) is 7.11 Å². The van der Waals surface area contributed by atoms with E-state index in [1.807, 2.05) is 0 Å². The minimum Gasteiger partial charge on any atom is -0.481 e. The Labute approximate surface area is 137 Å². The van der Waals surface area contributed by atoms with Crippen molar-refractivity contribution in [3.8, 4) is 0 Å². The average Bonchev–Trinajstić information content (AvgIpc) is 2.47.